The van der Waals surface area contributed by atoms with Crippen LogP contribution in [-0.2, 0) is 0 Å². The molecule has 0 bridgehead atoms. The van der Waals surface area contributed by atoms with Gasteiger partial charge in [0.25, 0.3) is 0 Å². The molecule has 0 aromatic heterocycles. The van der Waals surface area contributed by atoms with Gasteiger partial charge in [-0.25, -0.2) is 0 Å². The normalized spacial score (nSPS) is 10.2. The van der Waals surface area contributed by atoms with E-state index in [1.807, 2.05) is 60.7 Å². The van der Waals surface area contributed by atoms with Crippen LogP contribution >= 0.6 is 8.07 Å². The summed E-state index contributed by atoms with van der Waals surface area (Å²) in [5, 5.41) is 1.99. The summed E-state index contributed by atoms with van der Waals surface area (Å²) < 4.78 is 0. The Morgan fingerprint density at radius 2 is 1.13 bits per heavy atom. The van der Waals surface area contributed by atoms with Gasteiger partial charge >= 0.3 is 0 Å². The van der Waals surface area contributed by atoms with Crippen LogP contribution in [-0.4, -0.2) is 0 Å². The molecule has 0 unspecified atom stereocenters. The minimum absolute atomic E-state index is 0.994. The summed E-state index contributed by atoms with van der Waals surface area (Å²) in [5.41, 5.74) is 0. The number of hydrogen-bond acceptors (Lipinski definition) is 2. The molecule has 0 amide bonds. The second-order valence-electron chi connectivity index (χ2n) is 3.06. The number of hydrogen-bond donors (Lipinski definition) is 0. The first-order chi connectivity index (χ1) is 7.42. The molecule has 0 radical (unpaired) electrons. The van der Waals surface area contributed by atoms with E-state index in [4.69, 9.17) is 0 Å². The van der Waals surface area contributed by atoms with Crippen LogP contribution in [0.15, 0.2) is 65.6 Å². The Balaban J connectivity index is 2.38. The molecule has 2 aromatic carbocycles. The average Bonchev–Trinajstić information content (AvgIpc) is 2.33. The molecule has 0 aliphatic rings. The van der Waals surface area contributed by atoms with E-state index in [0.717, 1.165) is 10.6 Å². The first kappa shape index (κ1) is 10.0. The molecule has 0 saturated heterocycles. The third-order valence-corrected chi connectivity index (χ3v) is 3.82. The molecule has 0 fully saturated rings. The van der Waals surface area contributed by atoms with Crippen LogP contribution in [0.4, 0.5) is 0 Å². The monoisotopic (exact) mass is 215 g/mol. The minimum Gasteiger partial charge on any atom is -0.146 e. The van der Waals surface area contributed by atoms with Crippen molar-refractivity contribution in [1.29, 1.82) is 0 Å². The maximum absolute atomic E-state index is 10.9. The predicted octanol–water partition coefficient (Wildman–Crippen LogP) is 2.80. The Bertz CT molecular complexity index is 390. The third kappa shape index (κ3) is 2.28. The minimum atomic E-state index is -1.08. The largest absolute Gasteiger partial charge is 0.146 e. The fourth-order valence-corrected chi connectivity index (χ4v) is 2.78. The van der Waals surface area contributed by atoms with Crippen LogP contribution in [0, 0.1) is 4.91 Å². The summed E-state index contributed by atoms with van der Waals surface area (Å²) in [6.07, 6.45) is 0. The topological polar surface area (TPSA) is 29.4 Å². The van der Waals surface area contributed by atoms with Gasteiger partial charge in [-0.2, -0.15) is 0 Å². The van der Waals surface area contributed by atoms with Gasteiger partial charge in [0.15, 0.2) is 0 Å². The highest BCUT2D eigenvalue weighted by molar-refractivity contribution is 7.71. The molecular weight excluding hydrogens is 205 g/mol. The van der Waals surface area contributed by atoms with Gasteiger partial charge in [0.2, 0.25) is 0 Å². The molecule has 0 saturated carbocycles. The molecule has 0 aliphatic heterocycles. The highest BCUT2D eigenvalue weighted by Crippen LogP contribution is 2.33. The first-order valence-corrected chi connectivity index (χ1v) is 5.95. The number of rotatable bonds is 3. The zero-order chi connectivity index (χ0) is 10.5. The summed E-state index contributed by atoms with van der Waals surface area (Å²) in [4.78, 5) is 14.1. The second-order valence-corrected chi connectivity index (χ2v) is 4.88. The van der Waals surface area contributed by atoms with Crippen molar-refractivity contribution in [3.63, 3.8) is 0 Å². The third-order valence-electron chi connectivity index (χ3n) is 2.08. The lowest BCUT2D eigenvalue weighted by Crippen LogP contribution is -2.08. The van der Waals surface area contributed by atoms with Crippen LogP contribution < -0.4 is 10.6 Å². The average molecular weight is 215 g/mol. The van der Waals surface area contributed by atoms with Gasteiger partial charge in [0.05, 0.1) is 0 Å². The van der Waals surface area contributed by atoms with Crippen LogP contribution in [0.2, 0.25) is 0 Å². The van der Waals surface area contributed by atoms with Crippen molar-refractivity contribution < 1.29 is 0 Å². The van der Waals surface area contributed by atoms with E-state index in [9.17, 15) is 4.91 Å². The predicted molar refractivity (Wildman–Crippen MR) is 64.9 cm³/mol. The van der Waals surface area contributed by atoms with Crippen molar-refractivity contribution >= 4 is 18.7 Å². The highest BCUT2D eigenvalue weighted by atomic mass is 31.1. The summed E-state index contributed by atoms with van der Waals surface area (Å²) >= 11 is 0. The maximum atomic E-state index is 10.9. The molecule has 15 heavy (non-hydrogen) atoms. The van der Waals surface area contributed by atoms with Crippen molar-refractivity contribution in [2.45, 2.75) is 0 Å². The number of nitroso groups, excluding NO2 is 1. The molecule has 0 heterocycles. The lowest BCUT2D eigenvalue weighted by Gasteiger charge is -2.08. The molecule has 2 aromatic rings. The van der Waals surface area contributed by atoms with E-state index < -0.39 is 8.07 Å². The molecule has 0 spiro atoms. The van der Waals surface area contributed by atoms with Crippen LogP contribution in [0.1, 0.15) is 0 Å². The van der Waals surface area contributed by atoms with E-state index in [0.29, 0.717) is 0 Å². The molecular formula is C12H10NOP. The van der Waals surface area contributed by atoms with E-state index in [1.165, 1.54) is 0 Å². The molecule has 0 N–H and O–H groups in total. The molecule has 3 heteroatoms. The van der Waals surface area contributed by atoms with Crippen molar-refractivity contribution in [3.05, 3.63) is 65.6 Å². The Labute approximate surface area is 89.7 Å². The molecule has 0 atom stereocenters. The van der Waals surface area contributed by atoms with Gasteiger partial charge in [0, 0.05) is 10.6 Å². The van der Waals surface area contributed by atoms with Crippen molar-refractivity contribution in [3.8, 4) is 0 Å². The van der Waals surface area contributed by atoms with Gasteiger partial charge in [-0.3, -0.25) is 0 Å². The zero-order valence-corrected chi connectivity index (χ0v) is 8.97. The van der Waals surface area contributed by atoms with Crippen molar-refractivity contribution in [2.24, 2.45) is 4.95 Å². The fourth-order valence-electron chi connectivity index (χ4n) is 1.38. The molecule has 74 valence electrons. The van der Waals surface area contributed by atoms with Crippen LogP contribution in [0.3, 0.4) is 0 Å². The van der Waals surface area contributed by atoms with E-state index in [2.05, 4.69) is 4.95 Å². The van der Waals surface area contributed by atoms with Gasteiger partial charge in [-0.1, -0.05) is 60.7 Å². The van der Waals surface area contributed by atoms with Crippen molar-refractivity contribution in [2.75, 3.05) is 0 Å². The summed E-state index contributed by atoms with van der Waals surface area (Å²) in [6, 6.07) is 19.4. The maximum Gasteiger partial charge on any atom is 0.127 e. The number of benzene rings is 2. The van der Waals surface area contributed by atoms with Crippen LogP contribution in [0.5, 0.6) is 0 Å². The SMILES string of the molecule is O=NP(c1ccccc1)c1ccccc1. The fraction of sp³-hybridized carbons (Fsp3) is 0. The molecule has 0 aliphatic carbocycles. The Morgan fingerprint density at radius 3 is 1.47 bits per heavy atom. The standard InChI is InChI=1S/C12H10NOP/c14-13-15(11-7-3-1-4-8-11)12-9-5-2-6-10-12/h1-10H. The summed E-state index contributed by atoms with van der Waals surface area (Å²) in [6.45, 7) is 0. The Hall–Kier alpha value is -1.53. The van der Waals surface area contributed by atoms with Gasteiger partial charge in [-0.15, -0.1) is 4.91 Å². The molecule has 2 rings (SSSR count). The quantitative estimate of drug-likeness (QED) is 0.571. The summed E-state index contributed by atoms with van der Waals surface area (Å²) in [5.74, 6) is 0. The lowest BCUT2D eigenvalue weighted by atomic mass is 10.4. The first-order valence-electron chi connectivity index (χ1n) is 4.65. The van der Waals surface area contributed by atoms with Crippen molar-refractivity contribution in [1.82, 2.24) is 0 Å². The van der Waals surface area contributed by atoms with E-state index in [1.54, 1.807) is 0 Å². The van der Waals surface area contributed by atoms with Crippen LogP contribution in [0.25, 0.3) is 0 Å². The summed E-state index contributed by atoms with van der Waals surface area (Å²) in [7, 11) is -1.08. The Morgan fingerprint density at radius 1 is 0.733 bits per heavy atom. The van der Waals surface area contributed by atoms with Gasteiger partial charge < -0.3 is 0 Å². The van der Waals surface area contributed by atoms with Gasteiger partial charge in [0.1, 0.15) is 8.07 Å². The smallest absolute Gasteiger partial charge is 0.127 e. The second kappa shape index (κ2) is 4.81. The van der Waals surface area contributed by atoms with E-state index in [-0.39, 0.29) is 0 Å². The zero-order valence-electron chi connectivity index (χ0n) is 8.08. The Kier molecular flexibility index (Phi) is 3.21. The molecule has 2 nitrogen and oxygen atoms in total. The lowest BCUT2D eigenvalue weighted by molar-refractivity contribution is 1.71. The number of nitrogens with zero attached hydrogens (tertiary/aromatic N) is 1. The van der Waals surface area contributed by atoms with Gasteiger partial charge in [-0.05, 0) is 4.95 Å². The highest BCUT2D eigenvalue weighted by Gasteiger charge is 2.13. The van der Waals surface area contributed by atoms with E-state index >= 15 is 0 Å².